The molecule has 1 aliphatic rings. The summed E-state index contributed by atoms with van der Waals surface area (Å²) >= 11 is 0. The minimum absolute atomic E-state index is 0.0377. The second kappa shape index (κ2) is 5.79. The van der Waals surface area contributed by atoms with E-state index in [9.17, 15) is 19.3 Å². The second-order valence-electron chi connectivity index (χ2n) is 5.72. The van der Waals surface area contributed by atoms with Gasteiger partial charge in [0.25, 0.3) is 5.69 Å². The van der Waals surface area contributed by atoms with Gasteiger partial charge < -0.3 is 5.32 Å². The third-order valence-corrected chi connectivity index (χ3v) is 4.11. The van der Waals surface area contributed by atoms with E-state index in [1.165, 1.54) is 12.1 Å². The summed E-state index contributed by atoms with van der Waals surface area (Å²) in [6.07, 6.45) is 0.584. The van der Waals surface area contributed by atoms with Crippen LogP contribution >= 0.6 is 0 Å². The standard InChI is InChI=1S/C17H15FN2O3/c1-10-6-7-11(8-16(10)20(22)23)19-17(21)14-9-13(14)12-4-2-3-5-15(12)18/h2-8,13-14H,9H2,1H3,(H,19,21). The highest BCUT2D eigenvalue weighted by Crippen LogP contribution is 2.48. The molecule has 0 bridgehead atoms. The molecule has 1 saturated carbocycles. The fourth-order valence-electron chi connectivity index (χ4n) is 2.72. The molecular formula is C17H15FN2O3. The average molecular weight is 314 g/mol. The van der Waals surface area contributed by atoms with Crippen molar-refractivity contribution in [2.75, 3.05) is 5.32 Å². The highest BCUT2D eigenvalue weighted by atomic mass is 19.1. The zero-order chi connectivity index (χ0) is 16.6. The van der Waals surface area contributed by atoms with Gasteiger partial charge >= 0.3 is 0 Å². The summed E-state index contributed by atoms with van der Waals surface area (Å²) in [5, 5.41) is 13.6. The molecule has 23 heavy (non-hydrogen) atoms. The van der Waals surface area contributed by atoms with Crippen molar-refractivity contribution in [3.05, 3.63) is 69.5 Å². The SMILES string of the molecule is Cc1ccc(NC(=O)C2CC2c2ccccc2F)cc1[N+](=O)[O-]. The Morgan fingerprint density at radius 2 is 2.04 bits per heavy atom. The number of nitrogens with one attached hydrogen (secondary N) is 1. The van der Waals surface area contributed by atoms with Gasteiger partial charge in [0, 0.05) is 23.2 Å². The van der Waals surface area contributed by atoms with Crippen LogP contribution in [0.1, 0.15) is 23.5 Å². The number of nitrogens with zero attached hydrogens (tertiary/aromatic N) is 1. The number of rotatable bonds is 4. The zero-order valence-corrected chi connectivity index (χ0v) is 12.5. The molecule has 2 aromatic carbocycles. The molecule has 0 saturated heterocycles. The van der Waals surface area contributed by atoms with Crippen LogP contribution in [0.25, 0.3) is 0 Å². The van der Waals surface area contributed by atoms with Crippen LogP contribution in [0, 0.1) is 28.8 Å². The minimum atomic E-state index is -0.482. The van der Waals surface area contributed by atoms with Gasteiger partial charge in [0.05, 0.1) is 4.92 Å². The van der Waals surface area contributed by atoms with E-state index in [2.05, 4.69) is 5.32 Å². The molecule has 1 aliphatic carbocycles. The molecule has 0 radical (unpaired) electrons. The molecule has 0 heterocycles. The average Bonchev–Trinajstić information content (AvgIpc) is 3.30. The van der Waals surface area contributed by atoms with Crippen molar-refractivity contribution in [1.29, 1.82) is 0 Å². The Morgan fingerprint density at radius 1 is 1.30 bits per heavy atom. The number of nitro benzene ring substituents is 1. The van der Waals surface area contributed by atoms with Crippen LogP contribution in [-0.2, 0) is 4.79 Å². The summed E-state index contributed by atoms with van der Waals surface area (Å²) in [5.41, 5.74) is 1.42. The first-order chi connectivity index (χ1) is 11.0. The first-order valence-electron chi connectivity index (χ1n) is 7.27. The highest BCUT2D eigenvalue weighted by molar-refractivity contribution is 5.95. The first-order valence-corrected chi connectivity index (χ1v) is 7.27. The number of benzene rings is 2. The lowest BCUT2D eigenvalue weighted by molar-refractivity contribution is -0.385. The number of hydrogen-bond donors (Lipinski definition) is 1. The third-order valence-electron chi connectivity index (χ3n) is 4.11. The van der Waals surface area contributed by atoms with Gasteiger partial charge in [-0.25, -0.2) is 4.39 Å². The lowest BCUT2D eigenvalue weighted by Gasteiger charge is -2.06. The number of carbonyl (C=O) groups excluding carboxylic acids is 1. The van der Waals surface area contributed by atoms with Crippen molar-refractivity contribution in [2.24, 2.45) is 5.92 Å². The fourth-order valence-corrected chi connectivity index (χ4v) is 2.72. The largest absolute Gasteiger partial charge is 0.326 e. The maximum absolute atomic E-state index is 13.7. The van der Waals surface area contributed by atoms with Crippen molar-refractivity contribution < 1.29 is 14.1 Å². The third kappa shape index (κ3) is 3.06. The van der Waals surface area contributed by atoms with Gasteiger partial charge in [-0.15, -0.1) is 0 Å². The Hall–Kier alpha value is -2.76. The molecule has 0 aliphatic heterocycles. The van der Waals surface area contributed by atoms with Gasteiger partial charge in [0.15, 0.2) is 0 Å². The lowest BCUT2D eigenvalue weighted by atomic mass is 10.1. The summed E-state index contributed by atoms with van der Waals surface area (Å²) in [7, 11) is 0. The Labute approximate surface area is 132 Å². The predicted octanol–water partition coefficient (Wildman–Crippen LogP) is 3.78. The molecule has 0 aromatic heterocycles. The highest BCUT2D eigenvalue weighted by Gasteiger charge is 2.45. The topological polar surface area (TPSA) is 72.2 Å². The van der Waals surface area contributed by atoms with E-state index in [0.717, 1.165) is 0 Å². The molecule has 3 rings (SSSR count). The Balaban J connectivity index is 1.71. The predicted molar refractivity (Wildman–Crippen MR) is 83.7 cm³/mol. The minimum Gasteiger partial charge on any atom is -0.326 e. The summed E-state index contributed by atoms with van der Waals surface area (Å²) in [5.74, 6) is -0.973. The number of aryl methyl sites for hydroxylation is 1. The first kappa shape index (κ1) is 15.1. The summed E-state index contributed by atoms with van der Waals surface area (Å²) in [4.78, 5) is 22.7. The summed E-state index contributed by atoms with van der Waals surface area (Å²) in [6.45, 7) is 1.64. The van der Waals surface area contributed by atoms with Gasteiger partial charge in [0.1, 0.15) is 5.82 Å². The van der Waals surface area contributed by atoms with Crippen LogP contribution in [0.15, 0.2) is 42.5 Å². The number of hydrogen-bond acceptors (Lipinski definition) is 3. The van der Waals surface area contributed by atoms with Crippen LogP contribution in [0.5, 0.6) is 0 Å². The smallest absolute Gasteiger partial charge is 0.274 e. The van der Waals surface area contributed by atoms with Crippen LogP contribution in [0.2, 0.25) is 0 Å². The van der Waals surface area contributed by atoms with E-state index in [1.54, 1.807) is 37.3 Å². The number of nitro groups is 1. The van der Waals surface area contributed by atoms with Crippen LogP contribution in [0.4, 0.5) is 15.8 Å². The zero-order valence-electron chi connectivity index (χ0n) is 12.5. The van der Waals surface area contributed by atoms with Crippen molar-refractivity contribution >= 4 is 17.3 Å². The monoisotopic (exact) mass is 314 g/mol. The summed E-state index contributed by atoms with van der Waals surface area (Å²) < 4.78 is 13.7. The van der Waals surface area contributed by atoms with Crippen molar-refractivity contribution in [2.45, 2.75) is 19.3 Å². The fraction of sp³-hybridized carbons (Fsp3) is 0.235. The molecular weight excluding hydrogens is 299 g/mol. The molecule has 2 aromatic rings. The quantitative estimate of drug-likeness (QED) is 0.689. The van der Waals surface area contributed by atoms with E-state index >= 15 is 0 Å². The van der Waals surface area contributed by atoms with E-state index in [1.807, 2.05) is 0 Å². The van der Waals surface area contributed by atoms with Crippen LogP contribution < -0.4 is 5.32 Å². The maximum Gasteiger partial charge on any atom is 0.274 e. The summed E-state index contributed by atoms with van der Waals surface area (Å²) in [6, 6.07) is 11.0. The normalized spacial score (nSPS) is 19.2. The molecule has 5 nitrogen and oxygen atoms in total. The molecule has 2 unspecified atom stereocenters. The van der Waals surface area contributed by atoms with E-state index < -0.39 is 4.92 Å². The van der Waals surface area contributed by atoms with Crippen LogP contribution in [0.3, 0.4) is 0 Å². The van der Waals surface area contributed by atoms with E-state index in [4.69, 9.17) is 0 Å². The van der Waals surface area contributed by atoms with Crippen LogP contribution in [-0.4, -0.2) is 10.8 Å². The van der Waals surface area contributed by atoms with Gasteiger partial charge in [-0.05, 0) is 37.0 Å². The molecule has 6 heteroatoms. The number of carbonyl (C=O) groups is 1. The van der Waals surface area contributed by atoms with Crippen molar-refractivity contribution in [3.63, 3.8) is 0 Å². The van der Waals surface area contributed by atoms with E-state index in [0.29, 0.717) is 23.2 Å². The lowest BCUT2D eigenvalue weighted by Crippen LogP contribution is -2.15. The van der Waals surface area contributed by atoms with Gasteiger partial charge in [0.2, 0.25) is 5.91 Å². The number of halogens is 1. The molecule has 2 atom stereocenters. The second-order valence-corrected chi connectivity index (χ2v) is 5.72. The number of anilines is 1. The number of amides is 1. The Bertz CT molecular complexity index is 791. The van der Waals surface area contributed by atoms with Gasteiger partial charge in [-0.2, -0.15) is 0 Å². The Morgan fingerprint density at radius 3 is 2.74 bits per heavy atom. The van der Waals surface area contributed by atoms with Crippen molar-refractivity contribution in [3.8, 4) is 0 Å². The van der Waals surface area contributed by atoms with Gasteiger partial charge in [-0.1, -0.05) is 24.3 Å². The molecule has 1 amide bonds. The van der Waals surface area contributed by atoms with Crippen molar-refractivity contribution in [1.82, 2.24) is 0 Å². The molecule has 1 fully saturated rings. The molecule has 0 spiro atoms. The molecule has 118 valence electrons. The van der Waals surface area contributed by atoms with Gasteiger partial charge in [-0.3, -0.25) is 14.9 Å². The Kier molecular flexibility index (Phi) is 3.82. The maximum atomic E-state index is 13.7. The van der Waals surface area contributed by atoms with E-state index in [-0.39, 0.29) is 29.2 Å². The molecule has 1 N–H and O–H groups in total.